The second-order valence-electron chi connectivity index (χ2n) is 2.82. The molecule has 2 rings (SSSR count). The molecule has 0 aliphatic carbocycles. The summed E-state index contributed by atoms with van der Waals surface area (Å²) >= 11 is 1.33. The SMILES string of the molecule is Cc1nnc(CNc2ncns2)n1C. The molecule has 0 spiro atoms. The first-order valence-corrected chi connectivity index (χ1v) is 4.90. The molecule has 14 heavy (non-hydrogen) atoms. The number of rotatable bonds is 3. The maximum absolute atomic E-state index is 4.02. The molecule has 0 fully saturated rings. The highest BCUT2D eigenvalue weighted by molar-refractivity contribution is 7.09. The van der Waals surface area contributed by atoms with Crippen LogP contribution in [0.25, 0.3) is 0 Å². The topological polar surface area (TPSA) is 68.5 Å². The van der Waals surface area contributed by atoms with Crippen LogP contribution in [0.1, 0.15) is 11.6 Å². The van der Waals surface area contributed by atoms with Crippen LogP contribution in [0.2, 0.25) is 0 Å². The summed E-state index contributed by atoms with van der Waals surface area (Å²) in [5.41, 5.74) is 0. The average molecular weight is 210 g/mol. The fourth-order valence-electron chi connectivity index (χ4n) is 1.01. The lowest BCUT2D eigenvalue weighted by molar-refractivity contribution is 0.789. The number of aryl methyl sites for hydroxylation is 1. The lowest BCUT2D eigenvalue weighted by Crippen LogP contribution is -2.06. The van der Waals surface area contributed by atoms with E-state index in [9.17, 15) is 0 Å². The minimum Gasteiger partial charge on any atom is -0.353 e. The second-order valence-corrected chi connectivity index (χ2v) is 3.60. The maximum Gasteiger partial charge on any atom is 0.202 e. The van der Waals surface area contributed by atoms with E-state index in [0.717, 1.165) is 16.8 Å². The van der Waals surface area contributed by atoms with Gasteiger partial charge in [-0.1, -0.05) is 0 Å². The van der Waals surface area contributed by atoms with Crippen LogP contribution in [0.3, 0.4) is 0 Å². The summed E-state index contributed by atoms with van der Waals surface area (Å²) in [7, 11) is 1.94. The van der Waals surface area contributed by atoms with Crippen molar-refractivity contribution in [1.82, 2.24) is 24.1 Å². The largest absolute Gasteiger partial charge is 0.353 e. The number of hydrogen-bond donors (Lipinski definition) is 1. The van der Waals surface area contributed by atoms with Crippen molar-refractivity contribution in [2.45, 2.75) is 13.5 Å². The minimum atomic E-state index is 0.618. The molecule has 0 radical (unpaired) electrons. The zero-order chi connectivity index (χ0) is 9.97. The molecule has 0 aromatic carbocycles. The average Bonchev–Trinajstić information content (AvgIpc) is 2.77. The Hall–Kier alpha value is -1.50. The van der Waals surface area contributed by atoms with Gasteiger partial charge in [0.25, 0.3) is 0 Å². The second kappa shape index (κ2) is 3.70. The number of aromatic nitrogens is 5. The van der Waals surface area contributed by atoms with Crippen LogP contribution >= 0.6 is 11.5 Å². The number of hydrogen-bond acceptors (Lipinski definition) is 6. The van der Waals surface area contributed by atoms with Crippen molar-refractivity contribution in [3.8, 4) is 0 Å². The van der Waals surface area contributed by atoms with Crippen LogP contribution in [0.5, 0.6) is 0 Å². The highest BCUT2D eigenvalue weighted by atomic mass is 32.1. The Morgan fingerprint density at radius 3 is 2.93 bits per heavy atom. The lowest BCUT2D eigenvalue weighted by Gasteiger charge is -2.01. The zero-order valence-electron chi connectivity index (χ0n) is 7.93. The van der Waals surface area contributed by atoms with Gasteiger partial charge in [0.2, 0.25) is 5.13 Å². The fraction of sp³-hybridized carbons (Fsp3) is 0.429. The van der Waals surface area contributed by atoms with Crippen molar-refractivity contribution in [3.63, 3.8) is 0 Å². The first kappa shape index (κ1) is 9.07. The van der Waals surface area contributed by atoms with Gasteiger partial charge in [-0.3, -0.25) is 0 Å². The summed E-state index contributed by atoms with van der Waals surface area (Å²) in [6.45, 7) is 2.54. The van der Waals surface area contributed by atoms with E-state index in [1.165, 1.54) is 17.9 Å². The van der Waals surface area contributed by atoms with Crippen molar-refractivity contribution in [1.29, 1.82) is 0 Å². The van der Waals surface area contributed by atoms with E-state index in [2.05, 4.69) is 24.9 Å². The highest BCUT2D eigenvalue weighted by Gasteiger charge is 2.04. The van der Waals surface area contributed by atoms with Crippen LogP contribution in [0, 0.1) is 6.92 Å². The van der Waals surface area contributed by atoms with E-state index < -0.39 is 0 Å². The molecule has 0 atom stereocenters. The number of nitrogens with one attached hydrogen (secondary N) is 1. The molecule has 0 amide bonds. The summed E-state index contributed by atoms with van der Waals surface area (Å²) in [4.78, 5) is 4.01. The third kappa shape index (κ3) is 1.72. The first-order chi connectivity index (χ1) is 6.77. The van der Waals surface area contributed by atoms with Gasteiger partial charge in [-0.15, -0.1) is 10.2 Å². The molecular weight excluding hydrogens is 200 g/mol. The van der Waals surface area contributed by atoms with E-state index in [1.807, 2.05) is 18.5 Å². The molecule has 6 nitrogen and oxygen atoms in total. The highest BCUT2D eigenvalue weighted by Crippen LogP contribution is 2.08. The van der Waals surface area contributed by atoms with Crippen LogP contribution < -0.4 is 5.32 Å². The zero-order valence-corrected chi connectivity index (χ0v) is 8.75. The minimum absolute atomic E-state index is 0.618. The van der Waals surface area contributed by atoms with Gasteiger partial charge in [-0.2, -0.15) is 4.37 Å². The molecule has 74 valence electrons. The predicted molar refractivity (Wildman–Crippen MR) is 53.0 cm³/mol. The summed E-state index contributed by atoms with van der Waals surface area (Å²) in [5.74, 6) is 1.79. The third-order valence-corrected chi connectivity index (χ3v) is 2.56. The van der Waals surface area contributed by atoms with Crippen LogP contribution in [0.4, 0.5) is 5.13 Å². The molecular formula is C7H10N6S. The van der Waals surface area contributed by atoms with E-state index >= 15 is 0 Å². The summed E-state index contributed by atoms with van der Waals surface area (Å²) in [5, 5.41) is 11.9. The number of anilines is 1. The van der Waals surface area contributed by atoms with Gasteiger partial charge in [-0.05, 0) is 6.92 Å². The van der Waals surface area contributed by atoms with Crippen molar-refractivity contribution >= 4 is 16.7 Å². The maximum atomic E-state index is 4.02. The monoisotopic (exact) mass is 210 g/mol. The Labute approximate surface area is 85.2 Å². The normalized spacial score (nSPS) is 10.4. The first-order valence-electron chi connectivity index (χ1n) is 4.13. The molecule has 7 heteroatoms. The van der Waals surface area contributed by atoms with Crippen LogP contribution in [0.15, 0.2) is 6.33 Å². The third-order valence-electron chi connectivity index (χ3n) is 1.94. The quantitative estimate of drug-likeness (QED) is 0.802. The lowest BCUT2D eigenvalue weighted by atomic mass is 10.5. The summed E-state index contributed by atoms with van der Waals surface area (Å²) in [6.07, 6.45) is 1.52. The van der Waals surface area contributed by atoms with Gasteiger partial charge in [0.05, 0.1) is 6.54 Å². The van der Waals surface area contributed by atoms with E-state index in [4.69, 9.17) is 0 Å². The van der Waals surface area contributed by atoms with Gasteiger partial charge in [0.15, 0.2) is 5.82 Å². The van der Waals surface area contributed by atoms with E-state index in [0.29, 0.717) is 6.54 Å². The van der Waals surface area contributed by atoms with Crippen molar-refractivity contribution in [3.05, 3.63) is 18.0 Å². The van der Waals surface area contributed by atoms with Crippen molar-refractivity contribution in [2.24, 2.45) is 7.05 Å². The Morgan fingerprint density at radius 1 is 1.50 bits per heavy atom. The molecule has 0 aliphatic heterocycles. The van der Waals surface area contributed by atoms with Gasteiger partial charge in [0.1, 0.15) is 12.2 Å². The fourth-order valence-corrected chi connectivity index (χ4v) is 1.44. The van der Waals surface area contributed by atoms with Gasteiger partial charge in [-0.25, -0.2) is 4.98 Å². The Kier molecular flexibility index (Phi) is 2.40. The summed E-state index contributed by atoms with van der Waals surface area (Å²) < 4.78 is 5.83. The molecule has 0 aliphatic rings. The van der Waals surface area contributed by atoms with Crippen LogP contribution in [-0.2, 0) is 13.6 Å². The van der Waals surface area contributed by atoms with Crippen molar-refractivity contribution in [2.75, 3.05) is 5.32 Å². The van der Waals surface area contributed by atoms with Gasteiger partial charge in [0, 0.05) is 18.6 Å². The Balaban J connectivity index is 2.02. The van der Waals surface area contributed by atoms with E-state index in [1.54, 1.807) is 0 Å². The molecule has 0 unspecified atom stereocenters. The molecule has 1 N–H and O–H groups in total. The molecule has 2 aromatic heterocycles. The molecule has 2 aromatic rings. The number of nitrogens with zero attached hydrogens (tertiary/aromatic N) is 5. The smallest absolute Gasteiger partial charge is 0.202 e. The van der Waals surface area contributed by atoms with Crippen LogP contribution in [-0.4, -0.2) is 24.1 Å². The standard InChI is InChI=1S/C7H10N6S/c1-5-11-12-6(13(5)2)3-8-7-9-4-10-14-7/h4H,3H2,1-2H3,(H,8,9,10). The molecule has 0 bridgehead atoms. The van der Waals surface area contributed by atoms with E-state index in [-0.39, 0.29) is 0 Å². The van der Waals surface area contributed by atoms with Gasteiger partial charge < -0.3 is 9.88 Å². The predicted octanol–water partition coefficient (Wildman–Crippen LogP) is 0.587. The van der Waals surface area contributed by atoms with Crippen molar-refractivity contribution < 1.29 is 0 Å². The molecule has 0 saturated heterocycles. The molecule has 0 saturated carbocycles. The summed E-state index contributed by atoms with van der Waals surface area (Å²) in [6, 6.07) is 0. The Morgan fingerprint density at radius 2 is 2.36 bits per heavy atom. The molecule has 2 heterocycles. The van der Waals surface area contributed by atoms with Gasteiger partial charge >= 0.3 is 0 Å². The Bertz CT molecular complexity index is 406.